The lowest BCUT2D eigenvalue weighted by molar-refractivity contribution is -0.137. The van der Waals surface area contributed by atoms with E-state index in [9.17, 15) is 13.2 Å². The summed E-state index contributed by atoms with van der Waals surface area (Å²) in [5.74, 6) is 0.545. The van der Waals surface area contributed by atoms with Crippen molar-refractivity contribution in [2.45, 2.75) is 26.4 Å². The Balaban J connectivity index is 2.85. The first-order valence-electron chi connectivity index (χ1n) is 5.89. The van der Waals surface area contributed by atoms with Crippen LogP contribution < -0.4 is 10.6 Å². The van der Waals surface area contributed by atoms with E-state index in [1.165, 1.54) is 6.07 Å². The van der Waals surface area contributed by atoms with Gasteiger partial charge >= 0.3 is 6.18 Å². The topological polar surface area (TPSA) is 29.3 Å². The molecule has 0 bridgehead atoms. The molecule has 0 fully saturated rings. The second-order valence-electron chi connectivity index (χ2n) is 4.88. The van der Waals surface area contributed by atoms with Crippen molar-refractivity contribution in [2.75, 3.05) is 24.2 Å². The van der Waals surface area contributed by atoms with Crippen molar-refractivity contribution in [2.24, 2.45) is 5.92 Å². The number of halogens is 3. The Morgan fingerprint density at radius 1 is 1.28 bits per heavy atom. The van der Waals surface area contributed by atoms with Crippen LogP contribution in [0, 0.1) is 5.92 Å². The van der Waals surface area contributed by atoms with Crippen LogP contribution in [0.4, 0.5) is 24.5 Å². The molecule has 102 valence electrons. The third kappa shape index (κ3) is 3.82. The molecule has 0 atom stereocenters. The monoisotopic (exact) mass is 260 g/mol. The van der Waals surface area contributed by atoms with E-state index in [2.05, 4.69) is 13.8 Å². The Labute approximate surface area is 106 Å². The van der Waals surface area contributed by atoms with Gasteiger partial charge in [0, 0.05) is 13.6 Å². The van der Waals surface area contributed by atoms with Gasteiger partial charge in [-0.05, 0) is 30.5 Å². The van der Waals surface area contributed by atoms with Gasteiger partial charge in [0.15, 0.2) is 0 Å². The third-order valence-electron chi connectivity index (χ3n) is 2.81. The summed E-state index contributed by atoms with van der Waals surface area (Å²) < 4.78 is 37.5. The van der Waals surface area contributed by atoms with Crippen molar-refractivity contribution >= 4 is 11.4 Å². The molecule has 5 heteroatoms. The molecule has 0 radical (unpaired) electrons. The average Bonchev–Trinajstić information content (AvgIpc) is 2.24. The molecular formula is C13H19F3N2. The van der Waals surface area contributed by atoms with Gasteiger partial charge in [-0.15, -0.1) is 0 Å². The molecule has 0 unspecified atom stereocenters. The van der Waals surface area contributed by atoms with Gasteiger partial charge in [-0.3, -0.25) is 0 Å². The van der Waals surface area contributed by atoms with E-state index in [4.69, 9.17) is 5.73 Å². The highest BCUT2D eigenvalue weighted by atomic mass is 19.4. The first-order valence-corrected chi connectivity index (χ1v) is 5.89. The van der Waals surface area contributed by atoms with Gasteiger partial charge in [0.05, 0.1) is 16.9 Å². The zero-order valence-corrected chi connectivity index (χ0v) is 10.9. The lowest BCUT2D eigenvalue weighted by Crippen LogP contribution is -2.21. The van der Waals surface area contributed by atoms with Crippen molar-refractivity contribution in [1.82, 2.24) is 0 Å². The number of nitrogen functional groups attached to an aromatic ring is 1. The minimum Gasteiger partial charge on any atom is -0.397 e. The molecule has 0 heterocycles. The van der Waals surface area contributed by atoms with E-state index in [-0.39, 0.29) is 5.69 Å². The highest BCUT2D eigenvalue weighted by Crippen LogP contribution is 2.33. The van der Waals surface area contributed by atoms with Crippen LogP contribution in [0.1, 0.15) is 25.8 Å². The Hall–Kier alpha value is -1.39. The maximum absolute atomic E-state index is 12.5. The number of hydrogen-bond donors (Lipinski definition) is 1. The first kappa shape index (κ1) is 14.7. The minimum atomic E-state index is -4.34. The standard InChI is InChI=1S/C13H19F3N2/c1-9(2)6-7-18(3)12-5-4-10(8-11(12)17)13(14,15)16/h4-5,8-9H,6-7,17H2,1-3H3. The number of benzene rings is 1. The van der Waals surface area contributed by atoms with E-state index >= 15 is 0 Å². The summed E-state index contributed by atoms with van der Waals surface area (Å²) >= 11 is 0. The molecule has 0 aliphatic rings. The quantitative estimate of drug-likeness (QED) is 0.835. The summed E-state index contributed by atoms with van der Waals surface area (Å²) in [6, 6.07) is 3.48. The molecule has 1 aromatic carbocycles. The summed E-state index contributed by atoms with van der Waals surface area (Å²) in [7, 11) is 1.83. The van der Waals surface area contributed by atoms with Crippen molar-refractivity contribution in [3.05, 3.63) is 23.8 Å². The summed E-state index contributed by atoms with van der Waals surface area (Å²) in [6.07, 6.45) is -3.37. The second kappa shape index (κ2) is 5.50. The van der Waals surface area contributed by atoms with Gasteiger partial charge in [0.1, 0.15) is 0 Å². The van der Waals surface area contributed by atoms with Crippen molar-refractivity contribution in [3.8, 4) is 0 Å². The zero-order valence-electron chi connectivity index (χ0n) is 10.9. The molecule has 1 rings (SSSR count). The molecule has 0 spiro atoms. The lowest BCUT2D eigenvalue weighted by atomic mass is 10.1. The van der Waals surface area contributed by atoms with Gasteiger partial charge in [-0.1, -0.05) is 13.8 Å². The van der Waals surface area contributed by atoms with Gasteiger partial charge in [-0.2, -0.15) is 13.2 Å². The largest absolute Gasteiger partial charge is 0.416 e. The van der Waals surface area contributed by atoms with E-state index in [1.54, 1.807) is 0 Å². The number of anilines is 2. The van der Waals surface area contributed by atoms with Gasteiger partial charge in [0.2, 0.25) is 0 Å². The number of rotatable bonds is 4. The minimum absolute atomic E-state index is 0.163. The van der Waals surface area contributed by atoms with Crippen molar-refractivity contribution in [3.63, 3.8) is 0 Å². The molecule has 0 aromatic heterocycles. The molecule has 0 aliphatic heterocycles. The Kier molecular flexibility index (Phi) is 4.48. The van der Waals surface area contributed by atoms with Crippen LogP contribution in [0.15, 0.2) is 18.2 Å². The average molecular weight is 260 g/mol. The molecule has 2 nitrogen and oxygen atoms in total. The summed E-state index contributed by atoms with van der Waals surface area (Å²) in [4.78, 5) is 1.88. The van der Waals surface area contributed by atoms with Crippen LogP contribution >= 0.6 is 0 Å². The predicted octanol–water partition coefficient (Wildman–Crippen LogP) is 3.77. The maximum Gasteiger partial charge on any atom is 0.416 e. The summed E-state index contributed by atoms with van der Waals surface area (Å²) in [6.45, 7) is 4.97. The normalized spacial score (nSPS) is 11.9. The maximum atomic E-state index is 12.5. The summed E-state index contributed by atoms with van der Waals surface area (Å²) in [5, 5.41) is 0. The smallest absolute Gasteiger partial charge is 0.397 e. The highest BCUT2D eigenvalue weighted by molar-refractivity contribution is 5.68. The SMILES string of the molecule is CC(C)CCN(C)c1ccc(C(F)(F)F)cc1N. The molecule has 18 heavy (non-hydrogen) atoms. The highest BCUT2D eigenvalue weighted by Gasteiger charge is 2.30. The number of hydrogen-bond acceptors (Lipinski definition) is 2. The van der Waals surface area contributed by atoms with Crippen LogP contribution in [0.5, 0.6) is 0 Å². The molecule has 0 saturated heterocycles. The number of nitrogens with two attached hydrogens (primary N) is 1. The Morgan fingerprint density at radius 2 is 1.89 bits per heavy atom. The molecule has 0 amide bonds. The van der Waals surface area contributed by atoms with Crippen molar-refractivity contribution < 1.29 is 13.2 Å². The molecule has 0 aliphatic carbocycles. The third-order valence-corrected chi connectivity index (χ3v) is 2.81. The zero-order chi connectivity index (χ0) is 13.9. The second-order valence-corrected chi connectivity index (χ2v) is 4.88. The Morgan fingerprint density at radius 3 is 2.33 bits per heavy atom. The summed E-state index contributed by atoms with van der Waals surface area (Å²) in [5.41, 5.74) is 5.78. The van der Waals surface area contributed by atoms with Crippen LogP contribution in [0.3, 0.4) is 0 Å². The van der Waals surface area contributed by atoms with Gasteiger partial charge in [0.25, 0.3) is 0 Å². The van der Waals surface area contributed by atoms with Crippen LogP contribution in [0.25, 0.3) is 0 Å². The fraction of sp³-hybridized carbons (Fsp3) is 0.538. The van der Waals surface area contributed by atoms with Gasteiger partial charge < -0.3 is 10.6 Å². The molecule has 0 saturated carbocycles. The fourth-order valence-electron chi connectivity index (χ4n) is 1.65. The van der Waals surface area contributed by atoms with Gasteiger partial charge in [-0.25, -0.2) is 0 Å². The molecule has 2 N–H and O–H groups in total. The molecule has 1 aromatic rings. The van der Waals surface area contributed by atoms with E-state index < -0.39 is 11.7 Å². The van der Waals surface area contributed by atoms with Crippen LogP contribution in [-0.2, 0) is 6.18 Å². The Bertz CT molecular complexity index is 400. The molecular weight excluding hydrogens is 241 g/mol. The van der Waals surface area contributed by atoms with Crippen molar-refractivity contribution in [1.29, 1.82) is 0 Å². The first-order chi connectivity index (χ1) is 8.21. The van der Waals surface area contributed by atoms with Crippen LogP contribution in [0.2, 0.25) is 0 Å². The van der Waals surface area contributed by atoms with E-state index in [0.717, 1.165) is 25.1 Å². The van der Waals surface area contributed by atoms with Crippen LogP contribution in [-0.4, -0.2) is 13.6 Å². The van der Waals surface area contributed by atoms with E-state index in [0.29, 0.717) is 11.6 Å². The number of alkyl halides is 3. The lowest BCUT2D eigenvalue weighted by Gasteiger charge is -2.22. The fourth-order valence-corrected chi connectivity index (χ4v) is 1.65. The predicted molar refractivity (Wildman–Crippen MR) is 68.6 cm³/mol. The van der Waals surface area contributed by atoms with E-state index in [1.807, 2.05) is 11.9 Å². The number of nitrogens with zero attached hydrogens (tertiary/aromatic N) is 1.